The molecule has 10 heteroatoms. The van der Waals surface area contributed by atoms with Crippen LogP contribution in [0.15, 0.2) is 112 Å². The number of carbonyl (C=O) groups excluding carboxylic acids is 2. The maximum absolute atomic E-state index is 14.5. The minimum absolute atomic E-state index is 0.0432. The van der Waals surface area contributed by atoms with Crippen LogP contribution in [0.5, 0.6) is 0 Å². The Morgan fingerprint density at radius 3 is 2.02 bits per heavy atom. The van der Waals surface area contributed by atoms with Crippen molar-refractivity contribution in [3.05, 3.63) is 129 Å². The fourth-order valence-electron chi connectivity index (χ4n) is 4.77. The molecular formula is C35H37BrClN3O4S. The van der Waals surface area contributed by atoms with Crippen LogP contribution >= 0.6 is 27.5 Å². The van der Waals surface area contributed by atoms with Crippen molar-refractivity contribution in [1.29, 1.82) is 0 Å². The Kier molecular flexibility index (Phi) is 11.1. The maximum atomic E-state index is 14.5. The third-order valence-electron chi connectivity index (χ3n) is 7.04. The van der Waals surface area contributed by atoms with E-state index in [9.17, 15) is 18.0 Å². The van der Waals surface area contributed by atoms with Gasteiger partial charge in [-0.3, -0.25) is 13.9 Å². The highest BCUT2D eigenvalue weighted by molar-refractivity contribution is 9.10. The van der Waals surface area contributed by atoms with E-state index in [0.717, 1.165) is 25.5 Å². The zero-order valence-electron chi connectivity index (χ0n) is 25.7. The fraction of sp³-hybridized carbons (Fsp3) is 0.257. The number of nitrogens with zero attached hydrogens (tertiary/aromatic N) is 2. The molecule has 0 bridgehead atoms. The molecule has 7 nitrogen and oxygen atoms in total. The molecule has 4 aromatic rings. The van der Waals surface area contributed by atoms with Crippen LogP contribution in [-0.4, -0.2) is 43.3 Å². The first-order valence-electron chi connectivity index (χ1n) is 14.5. The average molecular weight is 711 g/mol. The first-order valence-corrected chi connectivity index (χ1v) is 17.1. The summed E-state index contributed by atoms with van der Waals surface area (Å²) >= 11 is 9.59. The molecule has 0 aromatic heterocycles. The van der Waals surface area contributed by atoms with Gasteiger partial charge in [0, 0.05) is 28.0 Å². The second-order valence-electron chi connectivity index (χ2n) is 11.9. The van der Waals surface area contributed by atoms with Gasteiger partial charge in [0.2, 0.25) is 11.8 Å². The Morgan fingerprint density at radius 2 is 1.44 bits per heavy atom. The van der Waals surface area contributed by atoms with E-state index in [2.05, 4.69) is 21.2 Å². The van der Waals surface area contributed by atoms with Gasteiger partial charge in [-0.05, 0) is 87.4 Å². The topological polar surface area (TPSA) is 86.8 Å². The summed E-state index contributed by atoms with van der Waals surface area (Å²) in [5, 5.41) is 3.46. The van der Waals surface area contributed by atoms with Gasteiger partial charge in [-0.1, -0.05) is 87.7 Å². The van der Waals surface area contributed by atoms with Gasteiger partial charge in [0.15, 0.2) is 0 Å². The summed E-state index contributed by atoms with van der Waals surface area (Å²) in [6, 6.07) is 28.7. The highest BCUT2D eigenvalue weighted by Crippen LogP contribution is 2.27. The Morgan fingerprint density at radius 1 is 0.844 bits per heavy atom. The number of carbonyl (C=O) groups is 2. The molecule has 4 rings (SSSR count). The summed E-state index contributed by atoms with van der Waals surface area (Å²) in [7, 11) is -4.19. The van der Waals surface area contributed by atoms with Crippen LogP contribution in [0, 0.1) is 6.92 Å². The Labute approximate surface area is 279 Å². The van der Waals surface area contributed by atoms with Crippen molar-refractivity contribution in [2.45, 2.75) is 57.1 Å². The molecule has 0 fully saturated rings. The molecule has 45 heavy (non-hydrogen) atoms. The van der Waals surface area contributed by atoms with Gasteiger partial charge >= 0.3 is 0 Å². The lowest BCUT2D eigenvalue weighted by atomic mass is 10.0. The summed E-state index contributed by atoms with van der Waals surface area (Å²) in [5.74, 6) is -0.871. The van der Waals surface area contributed by atoms with Gasteiger partial charge in [0.1, 0.15) is 12.6 Å². The molecule has 0 aliphatic heterocycles. The standard InChI is InChI=1S/C35H37BrClN3O4S/c1-25-10-20-31(21-11-25)45(43,44)40(30-18-16-29(37)17-19-30)24-33(41)39(23-27-12-14-28(36)15-13-27)32(34(42)38-35(2,3)4)22-26-8-6-5-7-9-26/h5-21,32H,22-24H2,1-4H3,(H,38,42). The predicted octanol–water partition coefficient (Wildman–Crippen LogP) is 7.16. The first kappa shape index (κ1) is 34.2. The summed E-state index contributed by atoms with van der Waals surface area (Å²) < 4.78 is 30.2. The summed E-state index contributed by atoms with van der Waals surface area (Å²) in [6.07, 6.45) is 0.233. The number of amides is 2. The lowest BCUT2D eigenvalue weighted by molar-refractivity contribution is -0.140. The highest BCUT2D eigenvalue weighted by atomic mass is 79.9. The molecule has 0 spiro atoms. The van der Waals surface area contributed by atoms with Gasteiger partial charge in [-0.25, -0.2) is 8.42 Å². The van der Waals surface area contributed by atoms with Gasteiger partial charge in [0.25, 0.3) is 10.0 Å². The van der Waals surface area contributed by atoms with Crippen molar-refractivity contribution in [1.82, 2.24) is 10.2 Å². The van der Waals surface area contributed by atoms with Gasteiger partial charge in [-0.15, -0.1) is 0 Å². The number of hydrogen-bond donors (Lipinski definition) is 1. The van der Waals surface area contributed by atoms with E-state index in [1.807, 2.05) is 82.3 Å². The van der Waals surface area contributed by atoms with E-state index in [4.69, 9.17) is 11.6 Å². The van der Waals surface area contributed by atoms with E-state index in [-0.39, 0.29) is 29.5 Å². The molecule has 1 N–H and O–H groups in total. The van der Waals surface area contributed by atoms with Crippen LogP contribution in [0.1, 0.15) is 37.5 Å². The van der Waals surface area contributed by atoms with E-state index >= 15 is 0 Å². The molecule has 0 saturated heterocycles. The third kappa shape index (κ3) is 9.42. The van der Waals surface area contributed by atoms with Crippen molar-refractivity contribution in [2.75, 3.05) is 10.8 Å². The SMILES string of the molecule is Cc1ccc(S(=O)(=O)N(CC(=O)N(Cc2ccc(Br)cc2)C(Cc2ccccc2)C(=O)NC(C)(C)C)c2ccc(Cl)cc2)cc1. The second kappa shape index (κ2) is 14.6. The van der Waals surface area contributed by atoms with Crippen molar-refractivity contribution in [2.24, 2.45) is 0 Å². The van der Waals surface area contributed by atoms with Gasteiger partial charge in [0.05, 0.1) is 10.6 Å². The molecule has 0 aliphatic carbocycles. The molecule has 0 saturated carbocycles. The van der Waals surface area contributed by atoms with E-state index in [1.165, 1.54) is 17.0 Å². The molecule has 2 amide bonds. The molecule has 1 atom stereocenters. The lowest BCUT2D eigenvalue weighted by Crippen LogP contribution is -2.56. The van der Waals surface area contributed by atoms with E-state index in [0.29, 0.717) is 5.02 Å². The number of halogens is 2. The number of anilines is 1. The number of benzene rings is 4. The third-order valence-corrected chi connectivity index (χ3v) is 9.61. The van der Waals surface area contributed by atoms with E-state index < -0.39 is 34.1 Å². The zero-order valence-corrected chi connectivity index (χ0v) is 28.9. The lowest BCUT2D eigenvalue weighted by Gasteiger charge is -2.35. The quantitative estimate of drug-likeness (QED) is 0.179. The van der Waals surface area contributed by atoms with Crippen molar-refractivity contribution < 1.29 is 18.0 Å². The van der Waals surface area contributed by atoms with E-state index in [1.54, 1.807) is 36.4 Å². The monoisotopic (exact) mass is 709 g/mol. The maximum Gasteiger partial charge on any atom is 0.264 e. The van der Waals surface area contributed by atoms with Crippen LogP contribution in [0.2, 0.25) is 5.02 Å². The molecule has 0 aliphatic rings. The van der Waals surface area contributed by atoms with Crippen LogP contribution in [0.4, 0.5) is 5.69 Å². The summed E-state index contributed by atoms with van der Waals surface area (Å²) in [6.45, 7) is 7.04. The molecular weight excluding hydrogens is 674 g/mol. The average Bonchev–Trinajstić information content (AvgIpc) is 2.99. The first-order chi connectivity index (χ1) is 21.2. The highest BCUT2D eigenvalue weighted by Gasteiger charge is 2.35. The van der Waals surface area contributed by atoms with Crippen LogP contribution in [-0.2, 0) is 32.6 Å². The van der Waals surface area contributed by atoms with Crippen molar-refractivity contribution in [3.63, 3.8) is 0 Å². The normalized spacial score (nSPS) is 12.3. The number of rotatable bonds is 11. The molecule has 236 valence electrons. The predicted molar refractivity (Wildman–Crippen MR) is 184 cm³/mol. The number of nitrogens with one attached hydrogen (secondary N) is 1. The molecule has 1 unspecified atom stereocenters. The number of sulfonamides is 1. The van der Waals surface area contributed by atoms with Crippen LogP contribution in [0.25, 0.3) is 0 Å². The largest absolute Gasteiger partial charge is 0.350 e. The number of hydrogen-bond acceptors (Lipinski definition) is 4. The van der Waals surface area contributed by atoms with Crippen molar-refractivity contribution >= 4 is 55.1 Å². The fourth-order valence-corrected chi connectivity index (χ4v) is 6.57. The van der Waals surface area contributed by atoms with Crippen LogP contribution in [0.3, 0.4) is 0 Å². The zero-order chi connectivity index (χ0) is 32.8. The minimum atomic E-state index is -4.19. The van der Waals surface area contributed by atoms with Crippen LogP contribution < -0.4 is 9.62 Å². The second-order valence-corrected chi connectivity index (χ2v) is 15.1. The molecule has 0 radical (unpaired) electrons. The minimum Gasteiger partial charge on any atom is -0.350 e. The smallest absolute Gasteiger partial charge is 0.264 e. The number of aryl methyl sites for hydroxylation is 1. The Hall–Kier alpha value is -3.66. The molecule has 0 heterocycles. The Balaban J connectivity index is 1.81. The van der Waals surface area contributed by atoms with Gasteiger partial charge in [-0.2, -0.15) is 0 Å². The van der Waals surface area contributed by atoms with Gasteiger partial charge < -0.3 is 10.2 Å². The van der Waals surface area contributed by atoms with Crippen molar-refractivity contribution in [3.8, 4) is 0 Å². The summed E-state index contributed by atoms with van der Waals surface area (Å²) in [5.41, 5.74) is 2.25. The summed E-state index contributed by atoms with van der Waals surface area (Å²) in [4.78, 5) is 30.0. The molecule has 4 aromatic carbocycles. The Bertz CT molecular complexity index is 1710.